The van der Waals surface area contributed by atoms with Crippen molar-refractivity contribution in [1.82, 2.24) is 4.98 Å². The van der Waals surface area contributed by atoms with E-state index in [2.05, 4.69) is 26.2 Å². The number of hydrogen-bond acceptors (Lipinski definition) is 4. The van der Waals surface area contributed by atoms with Crippen LogP contribution in [0.25, 0.3) is 0 Å². The number of nitrogens with one attached hydrogen (secondary N) is 1. The average Bonchev–Trinajstić information content (AvgIpc) is 2.26. The lowest BCUT2D eigenvalue weighted by Gasteiger charge is -2.07. The zero-order valence-electron chi connectivity index (χ0n) is 9.00. The molecule has 6 heteroatoms. The van der Waals surface area contributed by atoms with E-state index in [1.807, 2.05) is 0 Å². The quantitative estimate of drug-likeness (QED) is 0.786. The van der Waals surface area contributed by atoms with Crippen LogP contribution in [-0.2, 0) is 9.47 Å². The summed E-state index contributed by atoms with van der Waals surface area (Å²) in [6, 6.07) is 1.79. The van der Waals surface area contributed by atoms with E-state index in [4.69, 9.17) is 21.1 Å². The smallest absolute Gasteiger partial charge is 0.144 e. The van der Waals surface area contributed by atoms with Crippen LogP contribution in [0.1, 0.15) is 0 Å². The Hall–Kier alpha value is -0.360. The Morgan fingerprint density at radius 1 is 1.44 bits per heavy atom. The molecule has 0 aliphatic rings. The molecule has 0 saturated carbocycles. The lowest BCUT2D eigenvalue weighted by atomic mass is 10.4. The number of aromatic nitrogens is 1. The first-order valence-electron chi connectivity index (χ1n) is 4.85. The molecular weight excluding hydrogens is 295 g/mol. The molecule has 16 heavy (non-hydrogen) atoms. The number of rotatable bonds is 7. The maximum atomic E-state index is 5.98. The number of ether oxygens (including phenoxy) is 2. The van der Waals surface area contributed by atoms with Crippen molar-refractivity contribution in [2.24, 2.45) is 0 Å². The topological polar surface area (TPSA) is 43.4 Å². The lowest BCUT2D eigenvalue weighted by Crippen LogP contribution is -2.12. The fourth-order valence-corrected chi connectivity index (χ4v) is 1.73. The van der Waals surface area contributed by atoms with Gasteiger partial charge in [-0.25, -0.2) is 4.98 Å². The molecule has 0 fully saturated rings. The van der Waals surface area contributed by atoms with Gasteiger partial charge in [0.1, 0.15) is 5.82 Å². The Balaban J connectivity index is 2.21. The fraction of sp³-hybridized carbons (Fsp3) is 0.500. The van der Waals surface area contributed by atoms with Crippen LogP contribution >= 0.6 is 27.5 Å². The summed E-state index contributed by atoms with van der Waals surface area (Å²) in [4.78, 5) is 4.14. The zero-order valence-corrected chi connectivity index (χ0v) is 11.3. The Morgan fingerprint density at radius 3 is 2.94 bits per heavy atom. The Kier molecular flexibility index (Phi) is 6.71. The average molecular weight is 310 g/mol. The monoisotopic (exact) mass is 308 g/mol. The van der Waals surface area contributed by atoms with E-state index in [0.29, 0.717) is 37.2 Å². The first-order chi connectivity index (χ1) is 7.74. The van der Waals surface area contributed by atoms with Crippen LogP contribution in [0.4, 0.5) is 5.82 Å². The summed E-state index contributed by atoms with van der Waals surface area (Å²) in [5.41, 5.74) is 0. The molecule has 1 aromatic heterocycles. The molecule has 0 saturated heterocycles. The van der Waals surface area contributed by atoms with Gasteiger partial charge in [0.15, 0.2) is 0 Å². The molecule has 0 unspecified atom stereocenters. The first-order valence-corrected chi connectivity index (χ1v) is 6.02. The number of hydrogen-bond donors (Lipinski definition) is 1. The molecule has 0 bridgehead atoms. The van der Waals surface area contributed by atoms with E-state index in [-0.39, 0.29) is 0 Å². The molecule has 0 radical (unpaired) electrons. The SMILES string of the molecule is COCCOCCNc1ncc(Br)cc1Cl. The van der Waals surface area contributed by atoms with Crippen LogP contribution in [0.15, 0.2) is 16.7 Å². The second-order valence-corrected chi connectivity index (χ2v) is 4.34. The molecule has 0 spiro atoms. The molecule has 1 aromatic rings. The van der Waals surface area contributed by atoms with Crippen LogP contribution in [0.3, 0.4) is 0 Å². The minimum atomic E-state index is 0.589. The van der Waals surface area contributed by atoms with Crippen molar-refractivity contribution >= 4 is 33.3 Å². The van der Waals surface area contributed by atoms with Crippen LogP contribution in [0.2, 0.25) is 5.02 Å². The predicted molar refractivity (Wildman–Crippen MR) is 68.1 cm³/mol. The molecular formula is C10H14BrClN2O2. The van der Waals surface area contributed by atoms with E-state index < -0.39 is 0 Å². The van der Waals surface area contributed by atoms with Gasteiger partial charge < -0.3 is 14.8 Å². The van der Waals surface area contributed by atoms with Gasteiger partial charge in [-0.15, -0.1) is 0 Å². The number of halogens is 2. The number of methoxy groups -OCH3 is 1. The first kappa shape index (κ1) is 13.7. The van der Waals surface area contributed by atoms with Crippen molar-refractivity contribution in [3.8, 4) is 0 Å². The van der Waals surface area contributed by atoms with Crippen molar-refractivity contribution in [3.05, 3.63) is 21.8 Å². The third-order valence-corrected chi connectivity index (χ3v) is 2.50. The summed E-state index contributed by atoms with van der Waals surface area (Å²) < 4.78 is 11.0. The van der Waals surface area contributed by atoms with Gasteiger partial charge in [-0.1, -0.05) is 11.6 Å². The van der Waals surface area contributed by atoms with Gasteiger partial charge in [-0.3, -0.25) is 0 Å². The molecule has 0 amide bonds. The van der Waals surface area contributed by atoms with Gasteiger partial charge in [0, 0.05) is 24.3 Å². The van der Waals surface area contributed by atoms with Crippen molar-refractivity contribution in [2.75, 3.05) is 38.8 Å². The highest BCUT2D eigenvalue weighted by atomic mass is 79.9. The lowest BCUT2D eigenvalue weighted by molar-refractivity contribution is 0.0759. The molecule has 0 atom stereocenters. The third-order valence-electron chi connectivity index (χ3n) is 1.78. The van der Waals surface area contributed by atoms with Gasteiger partial charge in [-0.2, -0.15) is 0 Å². The van der Waals surface area contributed by atoms with E-state index in [0.717, 1.165) is 4.47 Å². The molecule has 0 aromatic carbocycles. The van der Waals surface area contributed by atoms with Crippen LogP contribution in [-0.4, -0.2) is 38.5 Å². The maximum Gasteiger partial charge on any atom is 0.144 e. The van der Waals surface area contributed by atoms with E-state index in [1.54, 1.807) is 19.4 Å². The second-order valence-electron chi connectivity index (χ2n) is 3.02. The van der Waals surface area contributed by atoms with E-state index in [1.165, 1.54) is 0 Å². The predicted octanol–water partition coefficient (Wildman–Crippen LogP) is 2.57. The number of anilines is 1. The Labute approximate surface area is 108 Å². The fourth-order valence-electron chi connectivity index (χ4n) is 1.03. The molecule has 1 N–H and O–H groups in total. The largest absolute Gasteiger partial charge is 0.382 e. The Morgan fingerprint density at radius 2 is 2.25 bits per heavy atom. The molecule has 90 valence electrons. The zero-order chi connectivity index (χ0) is 11.8. The molecule has 1 rings (SSSR count). The van der Waals surface area contributed by atoms with E-state index in [9.17, 15) is 0 Å². The van der Waals surface area contributed by atoms with Crippen molar-refractivity contribution in [1.29, 1.82) is 0 Å². The highest BCUT2D eigenvalue weighted by Crippen LogP contribution is 2.22. The summed E-state index contributed by atoms with van der Waals surface area (Å²) in [6.45, 7) is 2.46. The maximum absolute atomic E-state index is 5.98. The van der Waals surface area contributed by atoms with Crippen LogP contribution in [0, 0.1) is 0 Å². The van der Waals surface area contributed by atoms with Gasteiger partial charge in [-0.05, 0) is 22.0 Å². The highest BCUT2D eigenvalue weighted by molar-refractivity contribution is 9.10. The van der Waals surface area contributed by atoms with Crippen LogP contribution in [0.5, 0.6) is 0 Å². The van der Waals surface area contributed by atoms with Gasteiger partial charge in [0.05, 0.1) is 24.8 Å². The summed E-state index contributed by atoms with van der Waals surface area (Å²) in [5.74, 6) is 0.667. The molecule has 1 heterocycles. The minimum absolute atomic E-state index is 0.589. The Bertz CT molecular complexity index is 326. The van der Waals surface area contributed by atoms with Crippen molar-refractivity contribution in [3.63, 3.8) is 0 Å². The van der Waals surface area contributed by atoms with Gasteiger partial charge in [0.2, 0.25) is 0 Å². The van der Waals surface area contributed by atoms with Gasteiger partial charge in [0.25, 0.3) is 0 Å². The second kappa shape index (κ2) is 7.84. The molecule has 0 aliphatic carbocycles. The van der Waals surface area contributed by atoms with E-state index >= 15 is 0 Å². The van der Waals surface area contributed by atoms with Gasteiger partial charge >= 0.3 is 0 Å². The standard InChI is InChI=1S/C10H14BrClN2O2/c1-15-4-5-16-3-2-13-10-9(12)6-8(11)7-14-10/h6-7H,2-5H2,1H3,(H,13,14). The highest BCUT2D eigenvalue weighted by Gasteiger charge is 2.01. The number of nitrogens with zero attached hydrogens (tertiary/aromatic N) is 1. The third kappa shape index (κ3) is 5.12. The van der Waals surface area contributed by atoms with Crippen molar-refractivity contribution < 1.29 is 9.47 Å². The summed E-state index contributed by atoms with van der Waals surface area (Å²) in [5, 5.41) is 3.68. The molecule has 4 nitrogen and oxygen atoms in total. The number of pyridine rings is 1. The van der Waals surface area contributed by atoms with Crippen molar-refractivity contribution in [2.45, 2.75) is 0 Å². The van der Waals surface area contributed by atoms with Crippen LogP contribution < -0.4 is 5.32 Å². The summed E-state index contributed by atoms with van der Waals surface area (Å²) in [7, 11) is 1.65. The summed E-state index contributed by atoms with van der Waals surface area (Å²) in [6.07, 6.45) is 1.69. The summed E-state index contributed by atoms with van der Waals surface area (Å²) >= 11 is 9.27. The normalized spacial score (nSPS) is 10.4. The molecule has 0 aliphatic heterocycles. The minimum Gasteiger partial charge on any atom is -0.382 e.